The maximum absolute atomic E-state index is 2.40. The summed E-state index contributed by atoms with van der Waals surface area (Å²) in [6, 6.07) is 22.8. The maximum Gasteiger partial charge on any atom is 0.0361 e. The van der Waals surface area contributed by atoms with E-state index >= 15 is 0 Å². The van der Waals surface area contributed by atoms with Crippen molar-refractivity contribution in [2.45, 2.75) is 60.3 Å². The average Bonchev–Trinajstić information content (AvgIpc) is 2.74. The molecule has 0 radical (unpaired) electrons. The van der Waals surface area contributed by atoms with Crippen LogP contribution < -0.4 is 4.90 Å². The summed E-state index contributed by atoms with van der Waals surface area (Å²) in [5.74, 6) is 0. The lowest BCUT2D eigenvalue weighted by Crippen LogP contribution is -2.28. The SMILES string of the molecule is CC.Cc1ccc(C)c(C(C)(Cc2ccc(C)c(C)c2)c2ccc(N(C)C)cc2)c1. The van der Waals surface area contributed by atoms with E-state index in [0.29, 0.717) is 0 Å². The Morgan fingerprint density at radius 1 is 0.700 bits per heavy atom. The molecule has 0 N–H and O–H groups in total. The molecule has 3 aromatic carbocycles. The minimum absolute atomic E-state index is 0.0807. The molecule has 0 amide bonds. The molecular weight excluding hydrogens is 362 g/mol. The van der Waals surface area contributed by atoms with E-state index < -0.39 is 0 Å². The van der Waals surface area contributed by atoms with E-state index in [4.69, 9.17) is 0 Å². The van der Waals surface area contributed by atoms with E-state index in [0.717, 1.165) is 6.42 Å². The molecule has 0 saturated heterocycles. The summed E-state index contributed by atoms with van der Waals surface area (Å²) in [5, 5.41) is 0. The van der Waals surface area contributed by atoms with E-state index in [1.807, 2.05) is 13.8 Å². The fourth-order valence-corrected chi connectivity index (χ4v) is 4.13. The highest BCUT2D eigenvalue weighted by molar-refractivity contribution is 5.52. The van der Waals surface area contributed by atoms with Crippen LogP contribution in [0, 0.1) is 27.7 Å². The molecule has 0 bridgehead atoms. The van der Waals surface area contributed by atoms with Crippen LogP contribution in [0.1, 0.15) is 59.7 Å². The lowest BCUT2D eigenvalue weighted by molar-refractivity contribution is 0.563. The van der Waals surface area contributed by atoms with Crippen molar-refractivity contribution in [3.63, 3.8) is 0 Å². The van der Waals surface area contributed by atoms with Crippen LogP contribution in [0.4, 0.5) is 5.69 Å². The Morgan fingerprint density at radius 3 is 1.87 bits per heavy atom. The van der Waals surface area contributed by atoms with Gasteiger partial charge in [-0.1, -0.05) is 74.9 Å². The molecule has 30 heavy (non-hydrogen) atoms. The van der Waals surface area contributed by atoms with Crippen molar-refractivity contribution in [1.82, 2.24) is 0 Å². The van der Waals surface area contributed by atoms with Crippen molar-refractivity contribution >= 4 is 5.69 Å². The van der Waals surface area contributed by atoms with E-state index in [2.05, 4.69) is 114 Å². The predicted molar refractivity (Wildman–Crippen MR) is 134 cm³/mol. The van der Waals surface area contributed by atoms with Gasteiger partial charge < -0.3 is 4.90 Å². The van der Waals surface area contributed by atoms with Crippen LogP contribution in [0.5, 0.6) is 0 Å². The van der Waals surface area contributed by atoms with Gasteiger partial charge in [-0.3, -0.25) is 0 Å². The standard InChI is InChI=1S/C27H33N.C2H6/c1-19-8-9-21(3)26(16-19)27(5,18-23-11-10-20(2)22(4)17-23)24-12-14-25(15-13-24)28(6)7;1-2/h8-17H,18H2,1-7H3;1-2H3. The zero-order valence-electron chi connectivity index (χ0n) is 20.4. The Balaban J connectivity index is 0.00000155. The van der Waals surface area contributed by atoms with Crippen molar-refractivity contribution < 1.29 is 0 Å². The summed E-state index contributed by atoms with van der Waals surface area (Å²) in [6.07, 6.45) is 0.986. The molecule has 0 aliphatic heterocycles. The fourth-order valence-electron chi connectivity index (χ4n) is 4.13. The Bertz CT molecular complexity index is 966. The molecule has 0 aliphatic carbocycles. The summed E-state index contributed by atoms with van der Waals surface area (Å²) in [6.45, 7) is 15.2. The third kappa shape index (κ3) is 5.14. The second-order valence-electron chi connectivity index (χ2n) is 8.69. The zero-order chi connectivity index (χ0) is 22.5. The number of hydrogen-bond donors (Lipinski definition) is 0. The lowest BCUT2D eigenvalue weighted by Gasteiger charge is -2.34. The quantitative estimate of drug-likeness (QED) is 0.426. The third-order valence-electron chi connectivity index (χ3n) is 6.14. The van der Waals surface area contributed by atoms with Gasteiger partial charge in [-0.2, -0.15) is 0 Å². The first-order valence-corrected chi connectivity index (χ1v) is 11.1. The van der Waals surface area contributed by atoms with E-state index in [1.165, 1.54) is 44.6 Å². The van der Waals surface area contributed by atoms with Gasteiger partial charge in [-0.15, -0.1) is 0 Å². The second kappa shape index (κ2) is 9.98. The van der Waals surface area contributed by atoms with Gasteiger partial charge in [0.25, 0.3) is 0 Å². The summed E-state index contributed by atoms with van der Waals surface area (Å²) in [4.78, 5) is 2.16. The first-order chi connectivity index (χ1) is 14.2. The molecule has 3 rings (SSSR count). The molecule has 0 aliphatic rings. The number of hydrogen-bond acceptors (Lipinski definition) is 1. The molecule has 1 heteroatoms. The molecule has 0 fully saturated rings. The van der Waals surface area contributed by atoms with E-state index in [9.17, 15) is 0 Å². The van der Waals surface area contributed by atoms with Crippen LogP contribution in [0.25, 0.3) is 0 Å². The second-order valence-corrected chi connectivity index (χ2v) is 8.69. The van der Waals surface area contributed by atoms with Gasteiger partial charge in [0.15, 0.2) is 0 Å². The highest BCUT2D eigenvalue weighted by atomic mass is 15.1. The van der Waals surface area contributed by atoms with Crippen LogP contribution in [0.3, 0.4) is 0 Å². The minimum Gasteiger partial charge on any atom is -0.378 e. The lowest BCUT2D eigenvalue weighted by atomic mass is 9.70. The Kier molecular flexibility index (Phi) is 7.89. The molecule has 1 nitrogen and oxygen atoms in total. The average molecular weight is 402 g/mol. The highest BCUT2D eigenvalue weighted by Crippen LogP contribution is 2.38. The number of aryl methyl sites for hydroxylation is 4. The molecule has 160 valence electrons. The number of benzene rings is 3. The van der Waals surface area contributed by atoms with Crippen molar-refractivity contribution in [3.8, 4) is 0 Å². The van der Waals surface area contributed by atoms with Gasteiger partial charge in [-0.25, -0.2) is 0 Å². The van der Waals surface area contributed by atoms with Gasteiger partial charge in [0.05, 0.1) is 0 Å². The van der Waals surface area contributed by atoms with Crippen LogP contribution in [0.2, 0.25) is 0 Å². The normalized spacial score (nSPS) is 12.6. The zero-order valence-corrected chi connectivity index (χ0v) is 20.4. The van der Waals surface area contributed by atoms with Crippen LogP contribution in [0.15, 0.2) is 60.7 Å². The Labute approximate surface area is 184 Å². The van der Waals surface area contributed by atoms with Gasteiger partial charge in [-0.05, 0) is 79.6 Å². The first kappa shape index (κ1) is 23.7. The van der Waals surface area contributed by atoms with Gasteiger partial charge in [0, 0.05) is 25.2 Å². The molecule has 0 heterocycles. The summed E-state index contributed by atoms with van der Waals surface area (Å²) >= 11 is 0. The number of rotatable bonds is 5. The van der Waals surface area contributed by atoms with Crippen LogP contribution in [-0.4, -0.2) is 14.1 Å². The van der Waals surface area contributed by atoms with Gasteiger partial charge in [0.1, 0.15) is 0 Å². The summed E-state index contributed by atoms with van der Waals surface area (Å²) < 4.78 is 0. The van der Waals surface area contributed by atoms with Crippen molar-refractivity contribution in [2.75, 3.05) is 19.0 Å². The highest BCUT2D eigenvalue weighted by Gasteiger charge is 2.31. The van der Waals surface area contributed by atoms with Gasteiger partial charge in [0.2, 0.25) is 0 Å². The molecule has 1 unspecified atom stereocenters. The first-order valence-electron chi connectivity index (χ1n) is 11.1. The van der Waals surface area contributed by atoms with E-state index in [1.54, 1.807) is 0 Å². The maximum atomic E-state index is 2.40. The predicted octanol–water partition coefficient (Wildman–Crippen LogP) is 7.56. The molecule has 0 spiro atoms. The third-order valence-corrected chi connectivity index (χ3v) is 6.14. The summed E-state index contributed by atoms with van der Waals surface area (Å²) in [5.41, 5.74) is 10.7. The largest absolute Gasteiger partial charge is 0.378 e. The number of anilines is 1. The molecule has 3 aromatic rings. The monoisotopic (exact) mass is 401 g/mol. The van der Waals surface area contributed by atoms with Crippen molar-refractivity contribution in [3.05, 3.63) is 99.6 Å². The molecule has 1 atom stereocenters. The topological polar surface area (TPSA) is 3.24 Å². The van der Waals surface area contributed by atoms with E-state index in [-0.39, 0.29) is 5.41 Å². The van der Waals surface area contributed by atoms with Gasteiger partial charge >= 0.3 is 0 Å². The molecule has 0 aromatic heterocycles. The van der Waals surface area contributed by atoms with Crippen LogP contribution >= 0.6 is 0 Å². The smallest absolute Gasteiger partial charge is 0.0361 e. The van der Waals surface area contributed by atoms with Crippen molar-refractivity contribution in [2.24, 2.45) is 0 Å². The van der Waals surface area contributed by atoms with Crippen LogP contribution in [-0.2, 0) is 11.8 Å². The Hall–Kier alpha value is -2.54. The Morgan fingerprint density at radius 2 is 1.30 bits per heavy atom. The fraction of sp³-hybridized carbons (Fsp3) is 0.379. The molecular formula is C29H39N. The minimum atomic E-state index is -0.0807. The molecule has 0 saturated carbocycles. The number of nitrogens with zero attached hydrogens (tertiary/aromatic N) is 1. The van der Waals surface area contributed by atoms with Crippen molar-refractivity contribution in [1.29, 1.82) is 0 Å². The summed E-state index contributed by atoms with van der Waals surface area (Å²) in [7, 11) is 4.18.